The van der Waals surface area contributed by atoms with Crippen molar-refractivity contribution in [1.82, 2.24) is 4.57 Å². The summed E-state index contributed by atoms with van der Waals surface area (Å²) in [6.45, 7) is 2.00. The highest BCUT2D eigenvalue weighted by atomic mass is 19.1. The zero-order chi connectivity index (χ0) is 22.7. The minimum absolute atomic E-state index is 0.0250. The summed E-state index contributed by atoms with van der Waals surface area (Å²) in [6.07, 6.45) is 7.98. The van der Waals surface area contributed by atoms with Gasteiger partial charge in [-0.05, 0) is 35.9 Å². The Balaban J connectivity index is 1.67. The summed E-state index contributed by atoms with van der Waals surface area (Å²) in [4.78, 5) is 27.6. The number of nitrogens with zero attached hydrogens (tertiary/aromatic N) is 3. The van der Waals surface area contributed by atoms with Gasteiger partial charge in [0.15, 0.2) is 11.2 Å². The number of ether oxygens (including phenoxy) is 1. The van der Waals surface area contributed by atoms with Gasteiger partial charge in [0.1, 0.15) is 17.3 Å². The quantitative estimate of drug-likeness (QED) is 0.556. The molecule has 0 fully saturated rings. The number of hydrogen-bond acceptors (Lipinski definition) is 6. The smallest absolute Gasteiger partial charge is 0.189 e. The molecule has 3 aromatic rings. The first kappa shape index (κ1) is 21.2. The minimum atomic E-state index is -0.754. The lowest BCUT2D eigenvalue weighted by atomic mass is 10.0. The minimum Gasteiger partial charge on any atom is -0.494 e. The van der Waals surface area contributed by atoms with Crippen molar-refractivity contribution in [2.24, 2.45) is 16.1 Å². The normalized spacial score (nSPS) is 20.3. The van der Waals surface area contributed by atoms with Crippen LogP contribution in [0.3, 0.4) is 0 Å². The first-order chi connectivity index (χ1) is 15.5. The van der Waals surface area contributed by atoms with Crippen LogP contribution in [0.2, 0.25) is 0 Å². The number of benzene rings is 2. The van der Waals surface area contributed by atoms with Gasteiger partial charge < -0.3 is 14.6 Å². The number of allylic oxidation sites excluding steroid dienone is 3. The summed E-state index contributed by atoms with van der Waals surface area (Å²) in [5.41, 5.74) is 1.77. The number of aliphatic imine (C=N–C) groups is 1. The van der Waals surface area contributed by atoms with Crippen molar-refractivity contribution in [2.45, 2.75) is 13.3 Å². The number of halogens is 1. The Hall–Kier alpha value is -4.07. The lowest BCUT2D eigenvalue weighted by molar-refractivity contribution is 0.413. The Morgan fingerprint density at radius 1 is 1.25 bits per heavy atom. The lowest BCUT2D eigenvalue weighted by Gasteiger charge is -2.20. The molecule has 1 aliphatic heterocycles. The number of rotatable bonds is 4. The molecule has 32 heavy (non-hydrogen) atoms. The van der Waals surface area contributed by atoms with Crippen LogP contribution in [0.1, 0.15) is 13.3 Å². The van der Waals surface area contributed by atoms with Crippen LogP contribution in [0, 0.1) is 16.6 Å². The molecule has 1 aromatic heterocycles. The Kier molecular flexibility index (Phi) is 5.93. The predicted octanol–water partition coefficient (Wildman–Crippen LogP) is 5.45. The van der Waals surface area contributed by atoms with Crippen molar-refractivity contribution in [3.8, 4) is 5.75 Å². The van der Waals surface area contributed by atoms with E-state index in [1.807, 2.05) is 41.8 Å². The molecule has 0 aliphatic carbocycles. The van der Waals surface area contributed by atoms with Gasteiger partial charge in [0, 0.05) is 41.5 Å². The number of pyridine rings is 1. The fourth-order valence-electron chi connectivity index (χ4n) is 3.58. The van der Waals surface area contributed by atoms with Crippen LogP contribution in [0.4, 0.5) is 15.8 Å². The molecule has 0 saturated carbocycles. The first-order valence-corrected chi connectivity index (χ1v) is 10.0. The van der Waals surface area contributed by atoms with Crippen molar-refractivity contribution >= 4 is 33.8 Å². The molecular weight excluding hydrogens is 411 g/mol. The molecule has 1 atom stereocenters. The summed E-state index contributed by atoms with van der Waals surface area (Å²) in [5, 5.41) is 6.51. The third kappa shape index (κ3) is 4.07. The van der Waals surface area contributed by atoms with E-state index in [9.17, 15) is 14.1 Å². The second kappa shape index (κ2) is 8.97. The van der Waals surface area contributed by atoms with Gasteiger partial charge in [-0.3, -0.25) is 4.79 Å². The zero-order valence-corrected chi connectivity index (χ0v) is 17.6. The lowest BCUT2D eigenvalue weighted by Crippen LogP contribution is -2.21. The van der Waals surface area contributed by atoms with Crippen LogP contribution in [0.25, 0.3) is 16.6 Å². The van der Waals surface area contributed by atoms with Crippen molar-refractivity contribution < 1.29 is 9.13 Å². The summed E-state index contributed by atoms with van der Waals surface area (Å²) in [5.74, 6) is 0.0914. The summed E-state index contributed by atoms with van der Waals surface area (Å²) >= 11 is 0. The third-order valence-corrected chi connectivity index (χ3v) is 5.32. The largest absolute Gasteiger partial charge is 0.494 e. The Morgan fingerprint density at radius 2 is 2.06 bits per heavy atom. The van der Waals surface area contributed by atoms with E-state index in [0.29, 0.717) is 23.3 Å². The van der Waals surface area contributed by atoms with Crippen LogP contribution in [-0.2, 0) is 0 Å². The van der Waals surface area contributed by atoms with Crippen LogP contribution in [0.5, 0.6) is 5.75 Å². The second-order valence-corrected chi connectivity index (χ2v) is 7.38. The standard InChI is InChI=1S/C24H21FN4O3/c1-15-7-8-16(29-12-10-22(30)17-5-3-4-6-21(17)29)9-11-26-24(15)27-20-14-19(28-31)18(25)13-23(20)32-2/h3-6,8-15H,7H2,1-2H3,(H,26,27)/b11-9-,16-8-. The van der Waals surface area contributed by atoms with Gasteiger partial charge in [-0.25, -0.2) is 9.38 Å². The molecule has 0 radical (unpaired) electrons. The van der Waals surface area contributed by atoms with Gasteiger partial charge in [0.25, 0.3) is 0 Å². The Morgan fingerprint density at radius 3 is 2.84 bits per heavy atom. The first-order valence-electron chi connectivity index (χ1n) is 10.0. The highest BCUT2D eigenvalue weighted by molar-refractivity contribution is 5.99. The van der Waals surface area contributed by atoms with Gasteiger partial charge in [0.05, 0.1) is 18.3 Å². The number of anilines is 1. The molecule has 8 heteroatoms. The molecule has 0 amide bonds. The summed E-state index contributed by atoms with van der Waals surface area (Å²) in [7, 11) is 1.42. The summed E-state index contributed by atoms with van der Waals surface area (Å²) in [6, 6.07) is 11.4. The van der Waals surface area contributed by atoms with Gasteiger partial charge in [-0.15, -0.1) is 4.91 Å². The highest BCUT2D eigenvalue weighted by Gasteiger charge is 2.17. The highest BCUT2D eigenvalue weighted by Crippen LogP contribution is 2.33. The molecular formula is C24H21FN4O3. The summed E-state index contributed by atoms with van der Waals surface area (Å²) < 4.78 is 21.0. The van der Waals surface area contributed by atoms with Crippen LogP contribution in [-0.4, -0.2) is 17.5 Å². The molecule has 1 aliphatic rings. The topological polar surface area (TPSA) is 85.0 Å². The number of methoxy groups -OCH3 is 1. The van der Waals surface area contributed by atoms with Crippen LogP contribution >= 0.6 is 0 Å². The monoisotopic (exact) mass is 432 g/mol. The third-order valence-electron chi connectivity index (χ3n) is 5.32. The number of amidine groups is 1. The van der Waals surface area contributed by atoms with E-state index in [2.05, 4.69) is 21.6 Å². The van der Waals surface area contributed by atoms with Gasteiger partial charge in [0.2, 0.25) is 0 Å². The van der Waals surface area contributed by atoms with Gasteiger partial charge >= 0.3 is 0 Å². The average molecular weight is 432 g/mol. The molecule has 7 nitrogen and oxygen atoms in total. The fourth-order valence-corrected chi connectivity index (χ4v) is 3.58. The number of nitrogens with one attached hydrogen (secondary N) is 1. The fraction of sp³-hybridized carbons (Fsp3) is 0.167. The number of para-hydroxylation sites is 1. The average Bonchev–Trinajstić information content (AvgIpc) is 2.80. The van der Waals surface area contributed by atoms with Crippen LogP contribution in [0.15, 0.2) is 82.0 Å². The van der Waals surface area contributed by atoms with Crippen molar-refractivity contribution in [3.05, 3.63) is 88.0 Å². The zero-order valence-electron chi connectivity index (χ0n) is 17.6. The SMILES string of the molecule is COc1cc(F)c(N=O)cc1N/C1=N/C=C\C(n2ccc(=O)c3ccccc32)=C\CC1C. The molecule has 0 spiro atoms. The molecule has 0 saturated heterocycles. The molecule has 1 unspecified atom stereocenters. The van der Waals surface area contributed by atoms with Crippen LogP contribution < -0.4 is 15.5 Å². The Bertz CT molecular complexity index is 1340. The predicted molar refractivity (Wildman–Crippen MR) is 125 cm³/mol. The van der Waals surface area contributed by atoms with Gasteiger partial charge in [-0.1, -0.05) is 25.1 Å². The van der Waals surface area contributed by atoms with E-state index in [-0.39, 0.29) is 22.8 Å². The molecule has 1 N–H and O–H groups in total. The number of nitroso groups, excluding NO2 is 1. The maximum absolute atomic E-state index is 13.9. The van der Waals surface area contributed by atoms with E-state index in [4.69, 9.17) is 4.74 Å². The maximum atomic E-state index is 13.9. The number of hydrogen-bond donors (Lipinski definition) is 1. The molecule has 162 valence electrons. The second-order valence-electron chi connectivity index (χ2n) is 7.38. The van der Waals surface area contributed by atoms with E-state index >= 15 is 0 Å². The van der Waals surface area contributed by atoms with E-state index in [0.717, 1.165) is 17.3 Å². The van der Waals surface area contributed by atoms with E-state index in [1.54, 1.807) is 18.5 Å². The number of fused-ring (bicyclic) bond motifs is 1. The maximum Gasteiger partial charge on any atom is 0.189 e. The van der Waals surface area contributed by atoms with Crippen molar-refractivity contribution in [2.75, 3.05) is 12.4 Å². The van der Waals surface area contributed by atoms with E-state index in [1.165, 1.54) is 13.2 Å². The van der Waals surface area contributed by atoms with Gasteiger partial charge in [-0.2, -0.15) is 0 Å². The van der Waals surface area contributed by atoms with E-state index < -0.39 is 5.82 Å². The van der Waals surface area contributed by atoms with Crippen molar-refractivity contribution in [1.29, 1.82) is 0 Å². The number of aromatic nitrogens is 1. The molecule has 2 heterocycles. The molecule has 4 rings (SSSR count). The molecule has 0 bridgehead atoms. The van der Waals surface area contributed by atoms with Crippen molar-refractivity contribution in [3.63, 3.8) is 0 Å². The Labute approximate surface area is 183 Å². The molecule has 2 aromatic carbocycles.